The van der Waals surface area contributed by atoms with Gasteiger partial charge in [-0.05, 0) is 18.8 Å². The minimum Gasteiger partial charge on any atom is -0.338 e. The van der Waals surface area contributed by atoms with Crippen LogP contribution in [0.15, 0.2) is 4.52 Å². The van der Waals surface area contributed by atoms with Gasteiger partial charge >= 0.3 is 0 Å². The fraction of sp³-hybridized carbons (Fsp3) is 0.875. The molecule has 2 heterocycles. The predicted molar refractivity (Wildman–Crippen MR) is 81.9 cm³/mol. The molecule has 0 spiro atoms. The Hall–Kier alpha value is -0.940. The van der Waals surface area contributed by atoms with Crippen LogP contribution in [0.2, 0.25) is 0 Å². The zero-order valence-electron chi connectivity index (χ0n) is 13.4. The highest BCUT2D eigenvalue weighted by Gasteiger charge is 2.26. The summed E-state index contributed by atoms with van der Waals surface area (Å²) < 4.78 is 5.38. The highest BCUT2D eigenvalue weighted by Crippen LogP contribution is 2.24. The molecule has 118 valence electrons. The van der Waals surface area contributed by atoms with Gasteiger partial charge in [-0.2, -0.15) is 4.98 Å². The van der Waals surface area contributed by atoms with Gasteiger partial charge in [0.1, 0.15) is 0 Å². The third-order valence-corrected chi connectivity index (χ3v) is 4.71. The average molecular weight is 292 g/mol. The Kier molecular flexibility index (Phi) is 4.91. The molecule has 3 rings (SSSR count). The molecule has 21 heavy (non-hydrogen) atoms. The summed E-state index contributed by atoms with van der Waals surface area (Å²) in [5.74, 6) is 2.20. The van der Waals surface area contributed by atoms with Crippen molar-refractivity contribution in [2.75, 3.05) is 26.2 Å². The van der Waals surface area contributed by atoms with Crippen molar-refractivity contribution in [3.63, 3.8) is 0 Å². The second kappa shape index (κ2) is 6.88. The molecule has 1 aliphatic carbocycles. The van der Waals surface area contributed by atoms with Crippen LogP contribution in [0.25, 0.3) is 0 Å². The molecule has 0 bridgehead atoms. The van der Waals surface area contributed by atoms with E-state index in [1.54, 1.807) is 0 Å². The molecular weight excluding hydrogens is 264 g/mol. The summed E-state index contributed by atoms with van der Waals surface area (Å²) in [6, 6.07) is 0.855. The molecule has 2 aliphatic rings. The Balaban J connectivity index is 1.45. The number of aromatic nitrogens is 2. The van der Waals surface area contributed by atoms with Crippen molar-refractivity contribution in [1.29, 1.82) is 0 Å². The molecule has 0 aromatic carbocycles. The van der Waals surface area contributed by atoms with Crippen molar-refractivity contribution >= 4 is 0 Å². The molecule has 1 saturated carbocycles. The lowest BCUT2D eigenvalue weighted by molar-refractivity contribution is 0.0868. The lowest BCUT2D eigenvalue weighted by atomic mass is 10.1. The van der Waals surface area contributed by atoms with Crippen molar-refractivity contribution in [1.82, 2.24) is 19.9 Å². The van der Waals surface area contributed by atoms with Gasteiger partial charge in [0.2, 0.25) is 5.89 Å². The summed E-state index contributed by atoms with van der Waals surface area (Å²) in [7, 11) is 0. The maximum absolute atomic E-state index is 5.38. The molecule has 5 heteroatoms. The van der Waals surface area contributed by atoms with Crippen LogP contribution in [-0.4, -0.2) is 52.2 Å². The second-order valence-electron chi connectivity index (χ2n) is 6.95. The summed E-state index contributed by atoms with van der Waals surface area (Å²) >= 11 is 0. The summed E-state index contributed by atoms with van der Waals surface area (Å²) in [6.45, 7) is 9.80. The maximum Gasteiger partial charge on any atom is 0.240 e. The molecule has 0 atom stereocenters. The van der Waals surface area contributed by atoms with E-state index in [9.17, 15) is 0 Å². The largest absolute Gasteiger partial charge is 0.338 e. The summed E-state index contributed by atoms with van der Waals surface area (Å²) in [5, 5.41) is 4.08. The molecule has 1 aromatic heterocycles. The minimum atomic E-state index is 0.574. The quantitative estimate of drug-likeness (QED) is 0.833. The van der Waals surface area contributed by atoms with E-state index < -0.39 is 0 Å². The molecule has 0 amide bonds. The Bertz CT molecular complexity index is 431. The first-order chi connectivity index (χ1) is 10.2. The van der Waals surface area contributed by atoms with Crippen molar-refractivity contribution < 1.29 is 4.52 Å². The van der Waals surface area contributed by atoms with Crippen molar-refractivity contribution in [3.8, 4) is 0 Å². The standard InChI is InChI=1S/C16H28N4O/c1-13(2)11-15-17-16(21-18-15)12-19-7-9-20(10-8-19)14-5-3-4-6-14/h13-14H,3-12H2,1-2H3. The van der Waals surface area contributed by atoms with Gasteiger partial charge < -0.3 is 4.52 Å². The second-order valence-corrected chi connectivity index (χ2v) is 6.95. The lowest BCUT2D eigenvalue weighted by Crippen LogP contribution is -2.49. The number of hydrogen-bond donors (Lipinski definition) is 0. The van der Waals surface area contributed by atoms with Crippen LogP contribution in [0.3, 0.4) is 0 Å². The van der Waals surface area contributed by atoms with Crippen LogP contribution >= 0.6 is 0 Å². The van der Waals surface area contributed by atoms with E-state index in [0.717, 1.165) is 43.8 Å². The Labute approximate surface area is 127 Å². The minimum absolute atomic E-state index is 0.574. The monoisotopic (exact) mass is 292 g/mol. The molecule has 1 saturated heterocycles. The predicted octanol–water partition coefficient (Wildman–Crippen LogP) is 2.33. The Morgan fingerprint density at radius 3 is 2.52 bits per heavy atom. The molecule has 5 nitrogen and oxygen atoms in total. The van der Waals surface area contributed by atoms with Gasteiger partial charge in [-0.25, -0.2) is 0 Å². The first-order valence-electron chi connectivity index (χ1n) is 8.48. The number of hydrogen-bond acceptors (Lipinski definition) is 5. The summed E-state index contributed by atoms with van der Waals surface area (Å²) in [6.07, 6.45) is 6.56. The van der Waals surface area contributed by atoms with E-state index in [4.69, 9.17) is 4.52 Å². The average Bonchev–Trinajstić information content (AvgIpc) is 3.11. The van der Waals surface area contributed by atoms with Crippen molar-refractivity contribution in [2.24, 2.45) is 5.92 Å². The lowest BCUT2D eigenvalue weighted by Gasteiger charge is -2.37. The van der Waals surface area contributed by atoms with Gasteiger partial charge in [0, 0.05) is 38.6 Å². The van der Waals surface area contributed by atoms with E-state index in [0.29, 0.717) is 5.92 Å². The third-order valence-electron chi connectivity index (χ3n) is 4.71. The van der Waals surface area contributed by atoms with E-state index in [1.807, 2.05) is 0 Å². The number of piperazine rings is 1. The topological polar surface area (TPSA) is 45.4 Å². The SMILES string of the molecule is CC(C)Cc1noc(CN2CCN(C3CCCC3)CC2)n1. The molecule has 0 radical (unpaired) electrons. The van der Waals surface area contributed by atoms with Crippen LogP contribution in [0.4, 0.5) is 0 Å². The first kappa shape index (κ1) is 15.0. The zero-order valence-corrected chi connectivity index (χ0v) is 13.4. The first-order valence-corrected chi connectivity index (χ1v) is 8.48. The van der Waals surface area contributed by atoms with Crippen molar-refractivity contribution in [3.05, 3.63) is 11.7 Å². The molecule has 0 unspecified atom stereocenters. The van der Waals surface area contributed by atoms with E-state index in [-0.39, 0.29) is 0 Å². The zero-order chi connectivity index (χ0) is 14.7. The Morgan fingerprint density at radius 1 is 1.14 bits per heavy atom. The smallest absolute Gasteiger partial charge is 0.240 e. The summed E-state index contributed by atoms with van der Waals surface area (Å²) in [5.41, 5.74) is 0. The normalized spacial score (nSPS) is 22.4. The van der Waals surface area contributed by atoms with Gasteiger partial charge in [0.05, 0.1) is 6.54 Å². The van der Waals surface area contributed by atoms with E-state index >= 15 is 0 Å². The van der Waals surface area contributed by atoms with Gasteiger partial charge in [-0.15, -0.1) is 0 Å². The third kappa shape index (κ3) is 4.04. The molecule has 1 aliphatic heterocycles. The van der Waals surface area contributed by atoms with Gasteiger partial charge in [-0.1, -0.05) is 31.8 Å². The maximum atomic E-state index is 5.38. The van der Waals surface area contributed by atoms with Crippen LogP contribution in [-0.2, 0) is 13.0 Å². The molecule has 2 fully saturated rings. The number of rotatable bonds is 5. The Morgan fingerprint density at radius 2 is 1.86 bits per heavy atom. The highest BCUT2D eigenvalue weighted by molar-refractivity contribution is 4.89. The van der Waals surface area contributed by atoms with E-state index in [2.05, 4.69) is 33.8 Å². The fourth-order valence-corrected chi connectivity index (χ4v) is 3.55. The summed E-state index contributed by atoms with van der Waals surface area (Å²) in [4.78, 5) is 9.63. The molecule has 1 aromatic rings. The fourth-order valence-electron chi connectivity index (χ4n) is 3.55. The van der Waals surface area contributed by atoms with Crippen molar-refractivity contribution in [2.45, 2.75) is 58.5 Å². The van der Waals surface area contributed by atoms with Gasteiger partial charge in [-0.3, -0.25) is 9.80 Å². The van der Waals surface area contributed by atoms with Crippen LogP contribution in [0.5, 0.6) is 0 Å². The van der Waals surface area contributed by atoms with Crippen LogP contribution < -0.4 is 0 Å². The van der Waals surface area contributed by atoms with E-state index in [1.165, 1.54) is 38.8 Å². The van der Waals surface area contributed by atoms with Crippen LogP contribution in [0.1, 0.15) is 51.2 Å². The van der Waals surface area contributed by atoms with Gasteiger partial charge in [0.15, 0.2) is 5.82 Å². The molecule has 0 N–H and O–H groups in total. The highest BCUT2D eigenvalue weighted by atomic mass is 16.5. The molecular formula is C16H28N4O. The number of nitrogens with zero attached hydrogens (tertiary/aromatic N) is 4. The van der Waals surface area contributed by atoms with Gasteiger partial charge in [0.25, 0.3) is 0 Å². The van der Waals surface area contributed by atoms with Crippen LogP contribution in [0, 0.1) is 5.92 Å².